The summed E-state index contributed by atoms with van der Waals surface area (Å²) in [6.07, 6.45) is 0. The number of thioether (sulfide) groups is 1. The number of carbonyl (C=O) groups is 1. The number of para-hydroxylation sites is 1. The average molecular weight is 505 g/mol. The van der Waals surface area contributed by atoms with Crippen molar-refractivity contribution in [2.75, 3.05) is 5.01 Å². The van der Waals surface area contributed by atoms with Crippen molar-refractivity contribution in [2.24, 2.45) is 21.1 Å². The minimum absolute atomic E-state index is 0.0159. The molecule has 3 aliphatic rings. The molecule has 174 valence electrons. The zero-order chi connectivity index (χ0) is 24.7. The number of anilines is 1. The van der Waals surface area contributed by atoms with Gasteiger partial charge in [-0.2, -0.15) is 10.1 Å². The van der Waals surface area contributed by atoms with Crippen LogP contribution in [-0.2, 0) is 4.79 Å². The van der Waals surface area contributed by atoms with Crippen molar-refractivity contribution in [3.8, 4) is 0 Å². The summed E-state index contributed by atoms with van der Waals surface area (Å²) in [7, 11) is 0. The summed E-state index contributed by atoms with van der Waals surface area (Å²) in [4.78, 5) is 22.3. The number of halogens is 1. The molecule has 35 heavy (non-hydrogen) atoms. The molecule has 1 amide bonds. The summed E-state index contributed by atoms with van der Waals surface area (Å²) in [6, 6.07) is 15.2. The van der Waals surface area contributed by atoms with E-state index in [2.05, 4.69) is 20.1 Å². The van der Waals surface area contributed by atoms with Gasteiger partial charge in [0.05, 0.1) is 23.0 Å². The van der Waals surface area contributed by atoms with E-state index in [1.54, 1.807) is 53.6 Å². The minimum Gasteiger partial charge on any atom is -0.506 e. The number of aliphatic hydroxyl groups excluding tert-OH is 1. The fourth-order valence-corrected chi connectivity index (χ4v) is 5.31. The van der Waals surface area contributed by atoms with E-state index in [-0.39, 0.29) is 17.3 Å². The first-order valence-electron chi connectivity index (χ1n) is 10.4. The van der Waals surface area contributed by atoms with Gasteiger partial charge in [0.25, 0.3) is 5.91 Å². The van der Waals surface area contributed by atoms with Crippen LogP contribution in [0.1, 0.15) is 18.5 Å². The molecule has 0 fully saturated rings. The molecule has 0 aliphatic carbocycles. The largest absolute Gasteiger partial charge is 0.506 e. The summed E-state index contributed by atoms with van der Waals surface area (Å²) in [5.74, 6) is -1.84. The Bertz CT molecular complexity index is 1410. The van der Waals surface area contributed by atoms with Crippen molar-refractivity contribution in [1.82, 2.24) is 4.90 Å². The monoisotopic (exact) mass is 504 g/mol. The van der Waals surface area contributed by atoms with Gasteiger partial charge in [0.1, 0.15) is 5.92 Å². The maximum absolute atomic E-state index is 13.6. The van der Waals surface area contributed by atoms with Crippen LogP contribution in [0.2, 0.25) is 5.02 Å². The molecule has 5 rings (SSSR count). The van der Waals surface area contributed by atoms with Gasteiger partial charge >= 0.3 is 0 Å². The van der Waals surface area contributed by atoms with Crippen LogP contribution in [0.5, 0.6) is 0 Å². The number of nitrogens with one attached hydrogen (secondary N) is 1. The molecule has 3 heterocycles. The number of carbonyl (C=O) groups excluding carboxylic acids is 1. The number of hydrogen-bond acceptors (Lipinski definition) is 7. The highest BCUT2D eigenvalue weighted by molar-refractivity contribution is 8.16. The second-order valence-corrected chi connectivity index (χ2v) is 9.09. The van der Waals surface area contributed by atoms with E-state index in [9.17, 15) is 9.90 Å². The van der Waals surface area contributed by atoms with Gasteiger partial charge in [-0.25, -0.2) is 4.99 Å². The molecule has 3 aliphatic heterocycles. The van der Waals surface area contributed by atoms with Crippen molar-refractivity contribution >= 4 is 51.7 Å². The van der Waals surface area contributed by atoms with Gasteiger partial charge in [-0.15, -0.1) is 0 Å². The molecular formula is C23H17ClN8O2S. The molecule has 2 N–H and O–H groups in total. The number of nitrogens with zero attached hydrogens (tertiary/aromatic N) is 7. The number of benzene rings is 2. The van der Waals surface area contributed by atoms with E-state index in [1.807, 2.05) is 18.2 Å². The SMILES string of the molecule is CC1=NN(c2ccccc2)C(=O)C1C1=CSC2=NC(=N)/C(=C(/O)N=[N+]=[N-])C(c3ccc(Cl)cc3)N12. The lowest BCUT2D eigenvalue weighted by Crippen LogP contribution is -2.42. The third kappa shape index (κ3) is 3.85. The lowest BCUT2D eigenvalue weighted by Gasteiger charge is -2.37. The molecule has 0 saturated carbocycles. The zero-order valence-electron chi connectivity index (χ0n) is 18.2. The average Bonchev–Trinajstić information content (AvgIpc) is 3.38. The first-order chi connectivity index (χ1) is 16.9. The van der Waals surface area contributed by atoms with Gasteiger partial charge in [0.2, 0.25) is 0 Å². The van der Waals surface area contributed by atoms with Crippen LogP contribution in [0.3, 0.4) is 0 Å². The van der Waals surface area contributed by atoms with Crippen LogP contribution in [0, 0.1) is 11.3 Å². The molecule has 0 spiro atoms. The molecule has 0 aromatic heterocycles. The van der Waals surface area contributed by atoms with Crippen LogP contribution in [0.4, 0.5) is 5.69 Å². The molecule has 2 aromatic rings. The highest BCUT2D eigenvalue weighted by Gasteiger charge is 2.47. The Hall–Kier alpha value is -4.05. The van der Waals surface area contributed by atoms with Crippen molar-refractivity contribution < 1.29 is 9.90 Å². The fourth-order valence-electron chi connectivity index (χ4n) is 4.24. The van der Waals surface area contributed by atoms with Crippen molar-refractivity contribution in [1.29, 1.82) is 5.41 Å². The van der Waals surface area contributed by atoms with Gasteiger partial charge in [0, 0.05) is 15.6 Å². The number of fused-ring (bicyclic) bond motifs is 1. The molecule has 0 bridgehead atoms. The summed E-state index contributed by atoms with van der Waals surface area (Å²) < 4.78 is 0. The maximum atomic E-state index is 13.6. The second-order valence-electron chi connectivity index (χ2n) is 7.81. The summed E-state index contributed by atoms with van der Waals surface area (Å²) in [5.41, 5.74) is 11.4. The van der Waals surface area contributed by atoms with Crippen LogP contribution in [-0.4, -0.2) is 32.6 Å². The number of aliphatic hydroxyl groups is 1. The van der Waals surface area contributed by atoms with Gasteiger partial charge < -0.3 is 10.0 Å². The zero-order valence-corrected chi connectivity index (χ0v) is 19.8. The number of rotatable bonds is 4. The lowest BCUT2D eigenvalue weighted by atomic mass is 9.92. The second kappa shape index (κ2) is 8.95. The van der Waals surface area contributed by atoms with Crippen LogP contribution in [0.25, 0.3) is 10.4 Å². The number of hydrazone groups is 1. The van der Waals surface area contributed by atoms with Gasteiger partial charge in [-0.05, 0) is 52.8 Å². The number of hydrogen-bond donors (Lipinski definition) is 2. The Morgan fingerprint density at radius 3 is 2.63 bits per heavy atom. The smallest absolute Gasteiger partial charge is 0.262 e. The number of azide groups is 1. The molecule has 2 aromatic carbocycles. The Morgan fingerprint density at radius 2 is 1.94 bits per heavy atom. The minimum atomic E-state index is -0.787. The molecule has 2 atom stereocenters. The van der Waals surface area contributed by atoms with Crippen molar-refractivity contribution in [2.45, 2.75) is 13.0 Å². The molecule has 10 nitrogen and oxygen atoms in total. The highest BCUT2D eigenvalue weighted by atomic mass is 35.5. The number of aliphatic imine (C=N–C) groups is 1. The Morgan fingerprint density at radius 1 is 1.23 bits per heavy atom. The van der Waals surface area contributed by atoms with E-state index in [0.717, 1.165) is 0 Å². The Kier molecular flexibility index (Phi) is 5.81. The summed E-state index contributed by atoms with van der Waals surface area (Å²) in [6.45, 7) is 1.78. The molecule has 12 heteroatoms. The van der Waals surface area contributed by atoms with Crippen LogP contribution >= 0.6 is 23.4 Å². The highest BCUT2D eigenvalue weighted by Crippen LogP contribution is 2.47. The van der Waals surface area contributed by atoms with E-state index >= 15 is 0 Å². The van der Waals surface area contributed by atoms with E-state index in [4.69, 9.17) is 22.5 Å². The van der Waals surface area contributed by atoms with E-state index in [0.29, 0.717) is 32.8 Å². The maximum Gasteiger partial charge on any atom is 0.262 e. The molecule has 0 saturated heterocycles. The number of amides is 1. The fraction of sp³-hybridized carbons (Fsp3) is 0.130. The third-order valence-electron chi connectivity index (χ3n) is 5.76. The van der Waals surface area contributed by atoms with E-state index < -0.39 is 17.8 Å². The molecular weight excluding hydrogens is 488 g/mol. The third-order valence-corrected chi connectivity index (χ3v) is 6.87. The Balaban J connectivity index is 1.62. The van der Waals surface area contributed by atoms with Gasteiger partial charge in [0.15, 0.2) is 16.9 Å². The van der Waals surface area contributed by atoms with Gasteiger partial charge in [-0.3, -0.25) is 10.2 Å². The molecule has 0 radical (unpaired) electrons. The van der Waals surface area contributed by atoms with E-state index in [1.165, 1.54) is 16.8 Å². The predicted octanol–water partition coefficient (Wildman–Crippen LogP) is 5.74. The summed E-state index contributed by atoms with van der Waals surface area (Å²) in [5, 5.41) is 31.0. The summed E-state index contributed by atoms with van der Waals surface area (Å²) >= 11 is 7.36. The first-order valence-corrected chi connectivity index (χ1v) is 11.7. The van der Waals surface area contributed by atoms with Gasteiger partial charge in [-0.1, -0.05) is 53.7 Å². The molecule has 2 unspecified atom stereocenters. The van der Waals surface area contributed by atoms with Crippen molar-refractivity contribution in [3.63, 3.8) is 0 Å². The van der Waals surface area contributed by atoms with Crippen LogP contribution < -0.4 is 5.01 Å². The lowest BCUT2D eigenvalue weighted by molar-refractivity contribution is -0.119. The standard InChI is InChI=1S/C23H17ClN8O2S/c1-12-17(22(34)32(29-12)15-5-3-2-4-6-15)16-11-35-23-27-20(25)18(21(33)28-30-26)19(31(16)23)13-7-9-14(24)10-8-13/h2-11,17,19,25,33H,1H3/b21-18+,25-20?. The number of amidine groups is 2. The predicted molar refractivity (Wildman–Crippen MR) is 136 cm³/mol. The normalized spacial score (nSPS) is 22.9. The quantitative estimate of drug-likeness (QED) is 0.237. The first kappa shape index (κ1) is 22.7. The topological polar surface area (TPSA) is 141 Å². The Labute approximate surface area is 209 Å². The van der Waals surface area contributed by atoms with Crippen molar-refractivity contribution in [3.05, 3.63) is 98.2 Å². The van der Waals surface area contributed by atoms with Crippen LogP contribution in [0.15, 0.2) is 92.4 Å².